The minimum absolute atomic E-state index is 0.00685. The minimum Gasteiger partial charge on any atom is -0.478 e. The van der Waals surface area contributed by atoms with Crippen LogP contribution in [0, 0.1) is 5.82 Å². The van der Waals surface area contributed by atoms with Crippen LogP contribution in [0.5, 0.6) is 0 Å². The van der Waals surface area contributed by atoms with Gasteiger partial charge >= 0.3 is 5.97 Å². The van der Waals surface area contributed by atoms with Crippen LogP contribution >= 0.6 is 0 Å². The predicted octanol–water partition coefficient (Wildman–Crippen LogP) is 0.516. The molecule has 5 heteroatoms. The van der Waals surface area contributed by atoms with Gasteiger partial charge in [0.1, 0.15) is 5.82 Å². The number of hydrogen-bond donors (Lipinski definition) is 3. The van der Waals surface area contributed by atoms with Crippen LogP contribution in [0.2, 0.25) is 0 Å². The van der Waals surface area contributed by atoms with Crippen molar-refractivity contribution in [3.8, 4) is 0 Å². The van der Waals surface area contributed by atoms with Gasteiger partial charge < -0.3 is 15.9 Å². The fourth-order valence-electron chi connectivity index (χ4n) is 1.10. The number of hydrogen-bond acceptors (Lipinski definition) is 3. The summed E-state index contributed by atoms with van der Waals surface area (Å²) in [5.74, 6) is -2.24. The van der Waals surface area contributed by atoms with Gasteiger partial charge in [-0.1, -0.05) is 12.1 Å². The second kappa shape index (κ2) is 4.17. The molecular formula is C9H10FNO3. The molecule has 76 valence electrons. The molecule has 0 unspecified atom stereocenters. The molecule has 0 spiro atoms. The molecule has 0 aliphatic carbocycles. The smallest absolute Gasteiger partial charge is 0.338 e. The lowest BCUT2D eigenvalue weighted by Gasteiger charge is -2.10. The van der Waals surface area contributed by atoms with E-state index in [2.05, 4.69) is 0 Å². The van der Waals surface area contributed by atoms with Crippen LogP contribution in [-0.2, 0) is 0 Å². The van der Waals surface area contributed by atoms with Gasteiger partial charge in [0, 0.05) is 5.56 Å². The van der Waals surface area contributed by atoms with Crippen molar-refractivity contribution in [3.05, 3.63) is 35.1 Å². The molecule has 0 bridgehead atoms. The molecule has 14 heavy (non-hydrogen) atoms. The van der Waals surface area contributed by atoms with Crippen LogP contribution in [0.15, 0.2) is 18.2 Å². The Labute approximate surface area is 79.8 Å². The molecule has 0 amide bonds. The van der Waals surface area contributed by atoms with E-state index in [4.69, 9.17) is 15.9 Å². The number of aliphatic hydroxyl groups excluding tert-OH is 1. The van der Waals surface area contributed by atoms with Crippen molar-refractivity contribution in [1.82, 2.24) is 0 Å². The third-order valence-corrected chi connectivity index (χ3v) is 1.86. The average Bonchev–Trinajstić information content (AvgIpc) is 2.16. The van der Waals surface area contributed by atoms with Crippen molar-refractivity contribution < 1.29 is 19.4 Å². The highest BCUT2D eigenvalue weighted by Crippen LogP contribution is 2.18. The van der Waals surface area contributed by atoms with Gasteiger partial charge in [-0.25, -0.2) is 9.18 Å². The van der Waals surface area contributed by atoms with Gasteiger partial charge in [0.2, 0.25) is 0 Å². The van der Waals surface area contributed by atoms with E-state index in [0.717, 1.165) is 6.07 Å². The van der Waals surface area contributed by atoms with E-state index in [1.165, 1.54) is 12.1 Å². The maximum absolute atomic E-state index is 13.4. The highest BCUT2D eigenvalue weighted by molar-refractivity contribution is 5.88. The lowest BCUT2D eigenvalue weighted by Crippen LogP contribution is -2.17. The van der Waals surface area contributed by atoms with E-state index in [-0.39, 0.29) is 5.56 Å². The number of carbonyl (C=O) groups is 1. The number of aliphatic hydroxyl groups is 1. The minimum atomic E-state index is -1.35. The molecule has 0 saturated carbocycles. The summed E-state index contributed by atoms with van der Waals surface area (Å²) in [6.07, 6.45) is 0. The van der Waals surface area contributed by atoms with Crippen LogP contribution < -0.4 is 5.73 Å². The zero-order valence-corrected chi connectivity index (χ0v) is 7.27. The van der Waals surface area contributed by atoms with Crippen LogP contribution in [-0.4, -0.2) is 22.8 Å². The molecular weight excluding hydrogens is 189 g/mol. The van der Waals surface area contributed by atoms with Gasteiger partial charge in [-0.15, -0.1) is 0 Å². The van der Waals surface area contributed by atoms with E-state index < -0.39 is 30.0 Å². The summed E-state index contributed by atoms with van der Waals surface area (Å²) >= 11 is 0. The van der Waals surface area contributed by atoms with Crippen molar-refractivity contribution in [2.24, 2.45) is 5.73 Å². The Balaban J connectivity index is 3.20. The fourth-order valence-corrected chi connectivity index (χ4v) is 1.10. The lowest BCUT2D eigenvalue weighted by atomic mass is 10.0. The third kappa shape index (κ3) is 1.89. The molecule has 4 N–H and O–H groups in total. The first-order valence-corrected chi connectivity index (χ1v) is 3.96. The van der Waals surface area contributed by atoms with Gasteiger partial charge in [-0.3, -0.25) is 0 Å². The van der Waals surface area contributed by atoms with Crippen LogP contribution in [0.4, 0.5) is 4.39 Å². The number of nitrogens with two attached hydrogens (primary N) is 1. The Bertz CT molecular complexity index is 354. The quantitative estimate of drug-likeness (QED) is 0.662. The molecule has 0 aliphatic heterocycles. The third-order valence-electron chi connectivity index (χ3n) is 1.86. The summed E-state index contributed by atoms with van der Waals surface area (Å²) in [6, 6.07) is 2.99. The largest absolute Gasteiger partial charge is 0.478 e. The highest BCUT2D eigenvalue weighted by Gasteiger charge is 2.17. The average molecular weight is 199 g/mol. The Kier molecular flexibility index (Phi) is 3.16. The summed E-state index contributed by atoms with van der Waals surface area (Å²) in [5, 5.41) is 17.3. The molecule has 4 nitrogen and oxygen atoms in total. The van der Waals surface area contributed by atoms with Crippen molar-refractivity contribution in [2.75, 3.05) is 6.61 Å². The number of aromatic carboxylic acids is 1. The molecule has 0 aliphatic rings. The molecule has 1 aromatic carbocycles. The lowest BCUT2D eigenvalue weighted by molar-refractivity contribution is 0.0691. The summed E-state index contributed by atoms with van der Waals surface area (Å²) < 4.78 is 13.4. The van der Waals surface area contributed by atoms with E-state index in [1.54, 1.807) is 0 Å². The van der Waals surface area contributed by atoms with Crippen LogP contribution in [0.3, 0.4) is 0 Å². The van der Waals surface area contributed by atoms with Gasteiger partial charge in [-0.05, 0) is 6.07 Å². The number of carboxylic acid groups (broad SMARTS) is 1. The van der Waals surface area contributed by atoms with Crippen LogP contribution in [0.1, 0.15) is 22.0 Å². The van der Waals surface area contributed by atoms with Gasteiger partial charge in [0.25, 0.3) is 0 Å². The Morgan fingerprint density at radius 3 is 2.71 bits per heavy atom. The summed E-state index contributed by atoms with van der Waals surface area (Å²) in [6.45, 7) is -0.431. The molecule has 1 aromatic rings. The van der Waals surface area contributed by atoms with E-state index in [9.17, 15) is 9.18 Å². The second-order valence-electron chi connectivity index (χ2n) is 2.80. The SMILES string of the molecule is N[C@H](CO)c1cccc(C(=O)O)c1F. The van der Waals surface area contributed by atoms with Crippen LogP contribution in [0.25, 0.3) is 0 Å². The standard InChI is InChI=1S/C9H10FNO3/c10-8-5(7(11)4-12)2-1-3-6(8)9(13)14/h1-3,7,12H,4,11H2,(H,13,14)/t7-/m1/s1. The van der Waals surface area contributed by atoms with Crippen molar-refractivity contribution >= 4 is 5.97 Å². The molecule has 1 atom stereocenters. The van der Waals surface area contributed by atoms with Crippen molar-refractivity contribution in [2.45, 2.75) is 6.04 Å². The fraction of sp³-hybridized carbons (Fsp3) is 0.222. The zero-order chi connectivity index (χ0) is 10.7. The predicted molar refractivity (Wildman–Crippen MR) is 47.4 cm³/mol. The number of halogens is 1. The molecule has 0 heterocycles. The summed E-state index contributed by atoms with van der Waals surface area (Å²) in [5.41, 5.74) is 4.95. The highest BCUT2D eigenvalue weighted by atomic mass is 19.1. The maximum atomic E-state index is 13.4. The first-order valence-electron chi connectivity index (χ1n) is 3.96. The Hall–Kier alpha value is -1.46. The van der Waals surface area contributed by atoms with Crippen molar-refractivity contribution in [1.29, 1.82) is 0 Å². The monoisotopic (exact) mass is 199 g/mol. The summed E-state index contributed by atoms with van der Waals surface area (Å²) in [4.78, 5) is 10.5. The normalized spacial score (nSPS) is 12.5. The van der Waals surface area contributed by atoms with E-state index in [0.29, 0.717) is 0 Å². The molecule has 0 radical (unpaired) electrons. The Morgan fingerprint density at radius 1 is 1.57 bits per heavy atom. The number of carboxylic acids is 1. The first-order chi connectivity index (χ1) is 6.57. The van der Waals surface area contributed by atoms with E-state index in [1.807, 2.05) is 0 Å². The second-order valence-corrected chi connectivity index (χ2v) is 2.80. The summed E-state index contributed by atoms with van der Waals surface area (Å²) in [7, 11) is 0. The van der Waals surface area contributed by atoms with Crippen molar-refractivity contribution in [3.63, 3.8) is 0 Å². The maximum Gasteiger partial charge on any atom is 0.338 e. The zero-order valence-electron chi connectivity index (χ0n) is 7.27. The first kappa shape index (κ1) is 10.6. The van der Waals surface area contributed by atoms with Gasteiger partial charge in [0.05, 0.1) is 18.2 Å². The van der Waals surface area contributed by atoms with E-state index >= 15 is 0 Å². The Morgan fingerprint density at radius 2 is 2.21 bits per heavy atom. The van der Waals surface area contributed by atoms with Gasteiger partial charge in [-0.2, -0.15) is 0 Å². The number of rotatable bonds is 3. The molecule has 0 saturated heterocycles. The molecule has 0 aromatic heterocycles. The number of benzene rings is 1. The molecule has 1 rings (SSSR count). The topological polar surface area (TPSA) is 83.5 Å². The molecule has 0 fully saturated rings. The van der Waals surface area contributed by atoms with Gasteiger partial charge in [0.15, 0.2) is 0 Å².